The molecule has 84 valence electrons. The first-order valence-corrected chi connectivity index (χ1v) is 4.69. The number of Topliss-reactive ketones (excluding diaryl/α,β-unsaturated/α-hetero) is 1. The number of carbonyl (C=O) groups is 1. The predicted molar refractivity (Wildman–Crippen MR) is 45.8 cm³/mol. The fourth-order valence-corrected chi connectivity index (χ4v) is 1.07. The molecule has 14 heavy (non-hydrogen) atoms. The molecule has 0 saturated heterocycles. The zero-order chi connectivity index (χ0) is 11.0. The molecule has 0 radical (unpaired) electrons. The summed E-state index contributed by atoms with van der Waals surface area (Å²) in [7, 11) is 0. The Morgan fingerprint density at radius 2 is 1.50 bits per heavy atom. The van der Waals surface area contributed by atoms with Gasteiger partial charge in [0.2, 0.25) is 5.78 Å². The summed E-state index contributed by atoms with van der Waals surface area (Å²) in [6.07, 6.45) is -1.95. The van der Waals surface area contributed by atoms with Crippen LogP contribution >= 0.6 is 0 Å². The summed E-state index contributed by atoms with van der Waals surface area (Å²) in [5.41, 5.74) is 0. The molecular formula is C9H15F3O2. The van der Waals surface area contributed by atoms with Crippen LogP contribution in [0.2, 0.25) is 0 Å². The fourth-order valence-electron chi connectivity index (χ4n) is 1.07. The predicted octanol–water partition coefficient (Wildman–Crippen LogP) is 2.45. The minimum absolute atomic E-state index is 0.113. The maximum absolute atomic E-state index is 11.7. The zero-order valence-corrected chi connectivity index (χ0v) is 7.94. The average Bonchev–Trinajstić information content (AvgIpc) is 2.09. The van der Waals surface area contributed by atoms with Crippen molar-refractivity contribution in [3.63, 3.8) is 0 Å². The summed E-state index contributed by atoms with van der Waals surface area (Å²) >= 11 is 0. The van der Waals surface area contributed by atoms with Gasteiger partial charge in [0, 0.05) is 13.0 Å². The van der Waals surface area contributed by atoms with Gasteiger partial charge in [-0.25, -0.2) is 0 Å². The van der Waals surface area contributed by atoms with Gasteiger partial charge in [-0.05, 0) is 12.8 Å². The van der Waals surface area contributed by atoms with E-state index in [0.717, 1.165) is 12.8 Å². The number of aliphatic hydroxyl groups excluding tert-OH is 1. The van der Waals surface area contributed by atoms with Crippen LogP contribution in [-0.2, 0) is 4.79 Å². The summed E-state index contributed by atoms with van der Waals surface area (Å²) in [6.45, 7) is 0.113. The van der Waals surface area contributed by atoms with E-state index in [2.05, 4.69) is 0 Å². The highest BCUT2D eigenvalue weighted by atomic mass is 19.4. The second-order valence-electron chi connectivity index (χ2n) is 3.16. The Morgan fingerprint density at radius 1 is 1.00 bits per heavy atom. The number of halogens is 3. The number of alkyl halides is 3. The van der Waals surface area contributed by atoms with E-state index in [1.54, 1.807) is 0 Å². The number of hydrogen-bond acceptors (Lipinski definition) is 2. The molecular weight excluding hydrogens is 197 g/mol. The lowest BCUT2D eigenvalue weighted by Crippen LogP contribution is -2.22. The summed E-state index contributed by atoms with van der Waals surface area (Å²) in [6, 6.07) is 0. The normalized spacial score (nSPS) is 11.7. The highest BCUT2D eigenvalue weighted by Crippen LogP contribution is 2.19. The van der Waals surface area contributed by atoms with Crippen molar-refractivity contribution >= 4 is 5.78 Å². The molecule has 0 bridgehead atoms. The number of hydrogen-bond donors (Lipinski definition) is 1. The van der Waals surface area contributed by atoms with Crippen LogP contribution in [0.1, 0.15) is 38.5 Å². The lowest BCUT2D eigenvalue weighted by Gasteiger charge is -2.04. The van der Waals surface area contributed by atoms with Gasteiger partial charge in [-0.1, -0.05) is 19.3 Å². The molecule has 0 aromatic heterocycles. The number of aliphatic hydroxyl groups is 1. The smallest absolute Gasteiger partial charge is 0.396 e. The molecule has 0 spiro atoms. The molecule has 0 fully saturated rings. The summed E-state index contributed by atoms with van der Waals surface area (Å²) in [4.78, 5) is 10.4. The van der Waals surface area contributed by atoms with Crippen molar-refractivity contribution < 1.29 is 23.1 Å². The first kappa shape index (κ1) is 13.4. The van der Waals surface area contributed by atoms with Crippen LogP contribution in [0.3, 0.4) is 0 Å². The molecule has 5 heteroatoms. The molecule has 0 aliphatic carbocycles. The Hall–Kier alpha value is -0.580. The highest BCUT2D eigenvalue weighted by molar-refractivity contribution is 5.83. The molecule has 0 rings (SSSR count). The van der Waals surface area contributed by atoms with Gasteiger partial charge >= 0.3 is 6.18 Å². The van der Waals surface area contributed by atoms with Gasteiger partial charge in [-0.2, -0.15) is 13.2 Å². The van der Waals surface area contributed by atoms with Gasteiger partial charge in [0.15, 0.2) is 0 Å². The standard InChI is InChI=1S/C9H15F3O2/c10-9(11,12)8(14)6-4-2-1-3-5-7-13/h13H,1-7H2. The van der Waals surface area contributed by atoms with Crippen molar-refractivity contribution in [2.24, 2.45) is 0 Å². The summed E-state index contributed by atoms with van der Waals surface area (Å²) in [5.74, 6) is -1.64. The maximum atomic E-state index is 11.7. The van der Waals surface area contributed by atoms with Crippen molar-refractivity contribution in [2.75, 3.05) is 6.61 Å². The maximum Gasteiger partial charge on any atom is 0.449 e. The Kier molecular flexibility index (Phi) is 6.53. The second kappa shape index (κ2) is 6.81. The Labute approximate surface area is 81.1 Å². The SMILES string of the molecule is O=C(CCCCCCCO)C(F)(F)F. The molecule has 0 amide bonds. The van der Waals surface area contributed by atoms with Crippen molar-refractivity contribution in [1.29, 1.82) is 0 Å². The summed E-state index contributed by atoms with van der Waals surface area (Å²) in [5, 5.41) is 8.41. The minimum Gasteiger partial charge on any atom is -0.396 e. The Morgan fingerprint density at radius 3 is 2.00 bits per heavy atom. The molecule has 0 aliphatic rings. The largest absolute Gasteiger partial charge is 0.449 e. The first-order valence-electron chi connectivity index (χ1n) is 4.69. The van der Waals surface area contributed by atoms with Gasteiger partial charge in [0.25, 0.3) is 0 Å². The second-order valence-corrected chi connectivity index (χ2v) is 3.16. The van der Waals surface area contributed by atoms with Crippen molar-refractivity contribution in [1.82, 2.24) is 0 Å². The van der Waals surface area contributed by atoms with Crippen molar-refractivity contribution in [2.45, 2.75) is 44.7 Å². The van der Waals surface area contributed by atoms with Crippen molar-refractivity contribution in [3.8, 4) is 0 Å². The first-order chi connectivity index (χ1) is 6.48. The lowest BCUT2D eigenvalue weighted by molar-refractivity contribution is -0.171. The van der Waals surface area contributed by atoms with Crippen LogP contribution in [0.5, 0.6) is 0 Å². The van der Waals surface area contributed by atoms with Crippen LogP contribution in [-0.4, -0.2) is 23.7 Å². The third kappa shape index (κ3) is 6.88. The zero-order valence-electron chi connectivity index (χ0n) is 7.94. The third-order valence-corrected chi connectivity index (χ3v) is 1.88. The van der Waals surface area contributed by atoms with E-state index in [4.69, 9.17) is 5.11 Å². The third-order valence-electron chi connectivity index (χ3n) is 1.88. The van der Waals surface area contributed by atoms with Gasteiger partial charge in [0.05, 0.1) is 0 Å². The highest BCUT2D eigenvalue weighted by Gasteiger charge is 2.36. The van der Waals surface area contributed by atoms with E-state index < -0.39 is 18.4 Å². The van der Waals surface area contributed by atoms with Crippen LogP contribution in [0, 0.1) is 0 Å². The van der Waals surface area contributed by atoms with Crippen LogP contribution in [0.25, 0.3) is 0 Å². The van der Waals surface area contributed by atoms with Gasteiger partial charge < -0.3 is 5.11 Å². The minimum atomic E-state index is -4.68. The van der Waals surface area contributed by atoms with E-state index in [0.29, 0.717) is 12.8 Å². The molecule has 0 heterocycles. The van der Waals surface area contributed by atoms with Gasteiger partial charge in [-0.15, -0.1) is 0 Å². The molecule has 0 aromatic carbocycles. The quantitative estimate of drug-likeness (QED) is 0.658. The molecule has 0 atom stereocenters. The Balaban J connectivity index is 3.33. The fraction of sp³-hybridized carbons (Fsp3) is 0.889. The molecule has 0 unspecified atom stereocenters. The number of rotatable bonds is 7. The molecule has 0 aromatic rings. The molecule has 0 saturated carbocycles. The molecule has 1 N–H and O–H groups in total. The number of unbranched alkanes of at least 4 members (excludes halogenated alkanes) is 4. The molecule has 2 nitrogen and oxygen atoms in total. The van der Waals surface area contributed by atoms with Gasteiger partial charge in [0.1, 0.15) is 0 Å². The Bertz CT molecular complexity index is 166. The van der Waals surface area contributed by atoms with Crippen LogP contribution < -0.4 is 0 Å². The van der Waals surface area contributed by atoms with E-state index in [1.807, 2.05) is 0 Å². The molecule has 0 aliphatic heterocycles. The van der Waals surface area contributed by atoms with Crippen LogP contribution in [0.15, 0.2) is 0 Å². The van der Waals surface area contributed by atoms with Crippen LogP contribution in [0.4, 0.5) is 13.2 Å². The van der Waals surface area contributed by atoms with E-state index >= 15 is 0 Å². The van der Waals surface area contributed by atoms with E-state index in [-0.39, 0.29) is 13.0 Å². The number of ketones is 1. The average molecular weight is 212 g/mol. The van der Waals surface area contributed by atoms with Crippen molar-refractivity contribution in [3.05, 3.63) is 0 Å². The monoisotopic (exact) mass is 212 g/mol. The van der Waals surface area contributed by atoms with Gasteiger partial charge in [-0.3, -0.25) is 4.79 Å². The topological polar surface area (TPSA) is 37.3 Å². The lowest BCUT2D eigenvalue weighted by atomic mass is 10.1. The number of carbonyl (C=O) groups excluding carboxylic acids is 1. The van der Waals surface area contributed by atoms with E-state index in [1.165, 1.54) is 0 Å². The summed E-state index contributed by atoms with van der Waals surface area (Å²) < 4.78 is 35.1. The van der Waals surface area contributed by atoms with E-state index in [9.17, 15) is 18.0 Å².